The topological polar surface area (TPSA) is 72.2 Å². The fourth-order valence-corrected chi connectivity index (χ4v) is 3.07. The normalized spacial score (nSPS) is 11.3. The molecule has 0 aromatic heterocycles. The number of nitrogens with one attached hydrogen (secondary N) is 1. The van der Waals surface area contributed by atoms with Gasteiger partial charge in [0.1, 0.15) is 5.82 Å². The zero-order chi connectivity index (χ0) is 14.9. The van der Waals surface area contributed by atoms with Crippen molar-refractivity contribution in [2.45, 2.75) is 11.8 Å². The minimum atomic E-state index is -3.73. The highest BCUT2D eigenvalue weighted by atomic mass is 79.9. The van der Waals surface area contributed by atoms with Crippen LogP contribution in [0.3, 0.4) is 0 Å². The Morgan fingerprint density at radius 1 is 1.20 bits per heavy atom. The van der Waals surface area contributed by atoms with Crippen molar-refractivity contribution in [3.63, 3.8) is 0 Å². The number of aryl methyl sites for hydroxylation is 1. The average molecular weight is 359 g/mol. The fraction of sp³-hybridized carbons (Fsp3) is 0.0769. The van der Waals surface area contributed by atoms with E-state index in [4.69, 9.17) is 5.73 Å². The van der Waals surface area contributed by atoms with Gasteiger partial charge < -0.3 is 5.73 Å². The van der Waals surface area contributed by atoms with Crippen LogP contribution in [0, 0.1) is 12.7 Å². The van der Waals surface area contributed by atoms with Gasteiger partial charge in [-0.2, -0.15) is 0 Å². The Morgan fingerprint density at radius 3 is 2.40 bits per heavy atom. The molecular weight excluding hydrogens is 347 g/mol. The summed E-state index contributed by atoms with van der Waals surface area (Å²) in [6, 6.07) is 8.46. The van der Waals surface area contributed by atoms with Crippen LogP contribution in [0.2, 0.25) is 0 Å². The molecule has 0 aliphatic heterocycles. The molecule has 0 saturated heterocycles. The number of rotatable bonds is 3. The van der Waals surface area contributed by atoms with Gasteiger partial charge in [-0.25, -0.2) is 12.8 Å². The van der Waals surface area contributed by atoms with Crippen LogP contribution in [0.5, 0.6) is 0 Å². The molecule has 0 atom stereocenters. The zero-order valence-electron chi connectivity index (χ0n) is 10.5. The van der Waals surface area contributed by atoms with E-state index in [2.05, 4.69) is 20.7 Å². The lowest BCUT2D eigenvalue weighted by atomic mass is 10.2. The molecule has 0 spiro atoms. The van der Waals surface area contributed by atoms with Crippen molar-refractivity contribution in [2.75, 3.05) is 10.5 Å². The number of anilines is 2. The van der Waals surface area contributed by atoms with Crippen molar-refractivity contribution in [1.29, 1.82) is 0 Å². The quantitative estimate of drug-likeness (QED) is 0.827. The largest absolute Gasteiger partial charge is 0.399 e. The van der Waals surface area contributed by atoms with Crippen LogP contribution in [-0.2, 0) is 10.0 Å². The van der Waals surface area contributed by atoms with Crippen molar-refractivity contribution >= 4 is 37.3 Å². The van der Waals surface area contributed by atoms with Crippen LogP contribution < -0.4 is 10.5 Å². The summed E-state index contributed by atoms with van der Waals surface area (Å²) in [4.78, 5) is 0.0894. The van der Waals surface area contributed by atoms with E-state index in [0.717, 1.165) is 0 Å². The third kappa shape index (κ3) is 3.10. The highest BCUT2D eigenvalue weighted by Crippen LogP contribution is 2.26. The molecule has 106 valence electrons. The van der Waals surface area contributed by atoms with Gasteiger partial charge in [0.2, 0.25) is 0 Å². The van der Waals surface area contributed by atoms with E-state index in [0.29, 0.717) is 16.9 Å². The minimum absolute atomic E-state index is 0.0894. The van der Waals surface area contributed by atoms with Crippen LogP contribution in [0.25, 0.3) is 0 Å². The molecule has 0 bridgehead atoms. The van der Waals surface area contributed by atoms with Crippen molar-refractivity contribution in [1.82, 2.24) is 0 Å². The third-order valence-corrected chi connectivity index (χ3v) is 4.69. The molecule has 0 heterocycles. The Balaban J connectivity index is 2.38. The summed E-state index contributed by atoms with van der Waals surface area (Å²) >= 11 is 3.03. The third-order valence-electron chi connectivity index (χ3n) is 2.70. The Labute approximate surface area is 125 Å². The van der Waals surface area contributed by atoms with Gasteiger partial charge in [0, 0.05) is 5.69 Å². The minimum Gasteiger partial charge on any atom is -0.399 e. The highest BCUT2D eigenvalue weighted by molar-refractivity contribution is 9.10. The number of nitrogen functional groups attached to an aromatic ring is 1. The first kappa shape index (κ1) is 14.8. The molecule has 0 unspecified atom stereocenters. The molecule has 0 aliphatic rings. The summed E-state index contributed by atoms with van der Waals surface area (Å²) in [5.41, 5.74) is 6.80. The number of sulfonamides is 1. The molecule has 0 saturated carbocycles. The van der Waals surface area contributed by atoms with Gasteiger partial charge in [-0.3, -0.25) is 4.72 Å². The van der Waals surface area contributed by atoms with Crippen LogP contribution in [0.15, 0.2) is 45.8 Å². The summed E-state index contributed by atoms with van der Waals surface area (Å²) < 4.78 is 40.3. The zero-order valence-corrected chi connectivity index (χ0v) is 12.9. The van der Waals surface area contributed by atoms with Crippen molar-refractivity contribution in [3.8, 4) is 0 Å². The Morgan fingerprint density at radius 2 is 1.80 bits per heavy atom. The van der Waals surface area contributed by atoms with Crippen LogP contribution >= 0.6 is 15.9 Å². The van der Waals surface area contributed by atoms with Gasteiger partial charge in [0.25, 0.3) is 10.0 Å². The molecule has 7 heteroatoms. The summed E-state index contributed by atoms with van der Waals surface area (Å²) in [7, 11) is -3.73. The van der Waals surface area contributed by atoms with Gasteiger partial charge in [0.15, 0.2) is 0 Å². The monoisotopic (exact) mass is 358 g/mol. The van der Waals surface area contributed by atoms with Gasteiger partial charge in [0.05, 0.1) is 15.1 Å². The van der Waals surface area contributed by atoms with E-state index in [9.17, 15) is 12.8 Å². The lowest BCUT2D eigenvalue weighted by Gasteiger charge is -2.11. The molecule has 2 aromatic rings. The molecule has 0 fully saturated rings. The van der Waals surface area contributed by atoms with Crippen LogP contribution in [0.4, 0.5) is 15.8 Å². The Kier molecular flexibility index (Phi) is 4.01. The number of hydrogen-bond acceptors (Lipinski definition) is 3. The van der Waals surface area contributed by atoms with Crippen LogP contribution in [-0.4, -0.2) is 8.42 Å². The maximum Gasteiger partial charge on any atom is 0.261 e. The molecule has 0 amide bonds. The van der Waals surface area contributed by atoms with Gasteiger partial charge in [-0.05, 0) is 64.8 Å². The first-order chi connectivity index (χ1) is 9.29. The predicted molar refractivity (Wildman–Crippen MR) is 80.5 cm³/mol. The van der Waals surface area contributed by atoms with Gasteiger partial charge >= 0.3 is 0 Å². The second-order valence-electron chi connectivity index (χ2n) is 4.26. The summed E-state index contributed by atoms with van der Waals surface area (Å²) in [5, 5.41) is 0. The number of nitrogens with two attached hydrogens (primary N) is 1. The number of halogens is 2. The van der Waals surface area contributed by atoms with E-state index < -0.39 is 15.8 Å². The van der Waals surface area contributed by atoms with Crippen LogP contribution in [0.1, 0.15) is 5.56 Å². The molecule has 2 aromatic carbocycles. The number of hydrogen-bond donors (Lipinski definition) is 2. The smallest absolute Gasteiger partial charge is 0.261 e. The van der Waals surface area contributed by atoms with Crippen molar-refractivity contribution in [3.05, 3.63) is 52.3 Å². The SMILES string of the molecule is Cc1cc(F)c(Br)cc1NS(=O)(=O)c1ccc(N)cc1. The number of benzene rings is 2. The molecule has 0 aliphatic carbocycles. The Hall–Kier alpha value is -1.60. The van der Waals surface area contributed by atoms with E-state index in [1.165, 1.54) is 36.4 Å². The molecule has 20 heavy (non-hydrogen) atoms. The van der Waals surface area contributed by atoms with Crippen molar-refractivity contribution < 1.29 is 12.8 Å². The first-order valence-corrected chi connectivity index (χ1v) is 7.91. The lowest BCUT2D eigenvalue weighted by Crippen LogP contribution is -2.14. The van der Waals surface area contributed by atoms with E-state index in [-0.39, 0.29) is 9.37 Å². The molecule has 0 radical (unpaired) electrons. The average Bonchev–Trinajstić information content (AvgIpc) is 2.36. The summed E-state index contributed by atoms with van der Waals surface area (Å²) in [6.07, 6.45) is 0. The summed E-state index contributed by atoms with van der Waals surface area (Å²) in [6.45, 7) is 1.62. The molecule has 4 nitrogen and oxygen atoms in total. The van der Waals surface area contributed by atoms with Gasteiger partial charge in [-0.15, -0.1) is 0 Å². The lowest BCUT2D eigenvalue weighted by molar-refractivity contribution is 0.600. The van der Waals surface area contributed by atoms with E-state index in [1.807, 2.05) is 0 Å². The standard InChI is InChI=1S/C13H12BrFN2O2S/c1-8-6-12(15)11(14)7-13(8)17-20(18,19)10-4-2-9(16)3-5-10/h2-7,17H,16H2,1H3. The van der Waals surface area contributed by atoms with Crippen molar-refractivity contribution in [2.24, 2.45) is 0 Å². The molecule has 2 rings (SSSR count). The van der Waals surface area contributed by atoms with Gasteiger partial charge in [-0.1, -0.05) is 0 Å². The van der Waals surface area contributed by atoms with E-state index in [1.54, 1.807) is 6.92 Å². The van der Waals surface area contributed by atoms with E-state index >= 15 is 0 Å². The maximum atomic E-state index is 13.3. The molecule has 3 N–H and O–H groups in total. The highest BCUT2D eigenvalue weighted by Gasteiger charge is 2.16. The molecular formula is C13H12BrFN2O2S. The predicted octanol–water partition coefficient (Wildman–Crippen LogP) is 3.28. The fourth-order valence-electron chi connectivity index (χ4n) is 1.61. The first-order valence-electron chi connectivity index (χ1n) is 5.63. The second-order valence-corrected chi connectivity index (χ2v) is 6.79. The Bertz CT molecular complexity index is 746. The second kappa shape index (κ2) is 5.41. The maximum absolute atomic E-state index is 13.3. The summed E-state index contributed by atoms with van der Waals surface area (Å²) in [5.74, 6) is -0.446.